The number of carbonyl (C=O) groups is 1. The molecule has 0 unspecified atom stereocenters. The first kappa shape index (κ1) is 15.6. The molecule has 1 aromatic carbocycles. The highest BCUT2D eigenvalue weighted by atomic mass is 19.4. The highest BCUT2D eigenvalue weighted by Gasteiger charge is 2.34. The van der Waals surface area contributed by atoms with Gasteiger partial charge in [-0.15, -0.1) is 0 Å². The van der Waals surface area contributed by atoms with Gasteiger partial charge in [-0.2, -0.15) is 18.3 Å². The molecule has 0 radical (unpaired) electrons. The normalized spacial score (nSPS) is 20.9. The Balaban J connectivity index is 1.84. The minimum absolute atomic E-state index is 0.0156. The molecule has 0 spiro atoms. The van der Waals surface area contributed by atoms with Crippen LogP contribution in [0.1, 0.15) is 17.5 Å². The Bertz CT molecular complexity index is 642. The number of cyclic esters (lactones) is 1. The maximum atomic E-state index is 13.3. The first-order chi connectivity index (χ1) is 10.9. The van der Waals surface area contributed by atoms with Crippen molar-refractivity contribution in [1.82, 2.24) is 5.43 Å². The van der Waals surface area contributed by atoms with E-state index in [2.05, 4.69) is 15.8 Å². The van der Waals surface area contributed by atoms with Crippen LogP contribution in [0.4, 0.5) is 23.7 Å². The van der Waals surface area contributed by atoms with E-state index in [1.165, 1.54) is 12.1 Å². The molecule has 1 amide bonds. The van der Waals surface area contributed by atoms with Crippen LogP contribution in [0.25, 0.3) is 0 Å². The van der Waals surface area contributed by atoms with E-state index in [0.717, 1.165) is 12.5 Å². The average Bonchev–Trinajstić information content (AvgIpc) is 2.46. The van der Waals surface area contributed by atoms with Gasteiger partial charge in [0, 0.05) is 24.4 Å². The molecule has 0 bridgehead atoms. The van der Waals surface area contributed by atoms with Crippen molar-refractivity contribution in [2.75, 3.05) is 25.1 Å². The molecule has 1 saturated heterocycles. The van der Waals surface area contributed by atoms with Crippen molar-refractivity contribution in [2.45, 2.75) is 18.7 Å². The second-order valence-corrected chi connectivity index (χ2v) is 5.17. The highest BCUT2D eigenvalue weighted by molar-refractivity contribution is 6.04. The third-order valence-corrected chi connectivity index (χ3v) is 3.59. The van der Waals surface area contributed by atoms with Crippen molar-refractivity contribution in [3.8, 4) is 0 Å². The molecular weight excluding hydrogens is 315 g/mol. The number of benzene rings is 1. The number of halogens is 3. The molecule has 1 atom stereocenters. The van der Waals surface area contributed by atoms with Crippen LogP contribution in [-0.4, -0.2) is 37.7 Å². The van der Waals surface area contributed by atoms with Gasteiger partial charge in [0.15, 0.2) is 0 Å². The smallest absolute Gasteiger partial charge is 0.428 e. The van der Waals surface area contributed by atoms with E-state index in [-0.39, 0.29) is 29.7 Å². The van der Waals surface area contributed by atoms with Gasteiger partial charge in [0.2, 0.25) is 0 Å². The maximum Gasteiger partial charge on any atom is 0.428 e. The predicted molar refractivity (Wildman–Crippen MR) is 75.3 cm³/mol. The van der Waals surface area contributed by atoms with Crippen molar-refractivity contribution in [1.29, 1.82) is 0 Å². The Morgan fingerprint density at radius 3 is 2.74 bits per heavy atom. The van der Waals surface area contributed by atoms with E-state index in [1.807, 2.05) is 0 Å². The summed E-state index contributed by atoms with van der Waals surface area (Å²) in [6.07, 6.45) is -4.47. The lowest BCUT2D eigenvalue weighted by molar-refractivity contribution is -0.137. The third kappa shape index (κ3) is 3.55. The van der Waals surface area contributed by atoms with Gasteiger partial charge in [0.1, 0.15) is 12.3 Å². The van der Waals surface area contributed by atoms with E-state index < -0.39 is 17.8 Å². The molecule has 2 heterocycles. The van der Waals surface area contributed by atoms with Crippen LogP contribution in [0.3, 0.4) is 0 Å². The second kappa shape index (κ2) is 6.07. The van der Waals surface area contributed by atoms with Crippen LogP contribution in [0.2, 0.25) is 0 Å². The number of rotatable bonds is 4. The van der Waals surface area contributed by atoms with Crippen LogP contribution in [0, 0.1) is 0 Å². The summed E-state index contributed by atoms with van der Waals surface area (Å²) >= 11 is 0. The predicted octanol–water partition coefficient (Wildman–Crippen LogP) is 2.35. The first-order valence-corrected chi connectivity index (χ1v) is 7.00. The molecule has 2 N–H and O–H groups in total. The summed E-state index contributed by atoms with van der Waals surface area (Å²) in [4.78, 5) is 10.9. The van der Waals surface area contributed by atoms with Gasteiger partial charge in [-0.25, -0.2) is 10.2 Å². The SMILES string of the molecule is O=C1NN=C(c2ccc(NC[C@H]3CCO3)c(C(F)(F)F)c2)CO1. The molecule has 9 heteroatoms. The molecule has 124 valence electrons. The molecule has 0 aliphatic carbocycles. The van der Waals surface area contributed by atoms with E-state index in [9.17, 15) is 18.0 Å². The van der Waals surface area contributed by atoms with E-state index >= 15 is 0 Å². The van der Waals surface area contributed by atoms with Gasteiger partial charge >= 0.3 is 12.3 Å². The largest absolute Gasteiger partial charge is 0.442 e. The van der Waals surface area contributed by atoms with Crippen LogP contribution >= 0.6 is 0 Å². The van der Waals surface area contributed by atoms with Crippen molar-refractivity contribution in [3.63, 3.8) is 0 Å². The number of ether oxygens (including phenoxy) is 2. The fourth-order valence-electron chi connectivity index (χ4n) is 2.24. The van der Waals surface area contributed by atoms with Gasteiger partial charge in [-0.3, -0.25) is 0 Å². The Labute approximate surface area is 129 Å². The zero-order chi connectivity index (χ0) is 16.4. The molecular formula is C14H14F3N3O3. The molecule has 0 saturated carbocycles. The van der Waals surface area contributed by atoms with Crippen molar-refractivity contribution >= 4 is 17.5 Å². The Kier molecular flexibility index (Phi) is 4.12. The summed E-state index contributed by atoms with van der Waals surface area (Å²) in [6, 6.07) is 3.83. The summed E-state index contributed by atoms with van der Waals surface area (Å²) in [5, 5.41) is 6.49. The molecule has 1 fully saturated rings. The zero-order valence-electron chi connectivity index (χ0n) is 11.9. The van der Waals surface area contributed by atoms with Gasteiger partial charge < -0.3 is 14.8 Å². The number of alkyl halides is 3. The highest BCUT2D eigenvalue weighted by Crippen LogP contribution is 2.36. The van der Waals surface area contributed by atoms with Crippen LogP contribution in [0.15, 0.2) is 23.3 Å². The summed E-state index contributed by atoms with van der Waals surface area (Å²) in [7, 11) is 0. The van der Waals surface area contributed by atoms with Gasteiger partial charge in [-0.05, 0) is 18.6 Å². The second-order valence-electron chi connectivity index (χ2n) is 5.17. The minimum Gasteiger partial charge on any atom is -0.442 e. The third-order valence-electron chi connectivity index (χ3n) is 3.59. The van der Waals surface area contributed by atoms with E-state index in [4.69, 9.17) is 9.47 Å². The standard InChI is InChI=1S/C14H14F3N3O3/c15-14(16,17)10-5-8(12-7-23-13(21)20-19-12)1-2-11(10)18-6-9-3-4-22-9/h1-2,5,9,18H,3-4,6-7H2,(H,20,21)/t9-/m1/s1. The fourth-order valence-corrected chi connectivity index (χ4v) is 2.24. The van der Waals surface area contributed by atoms with Gasteiger partial charge in [0.05, 0.1) is 11.7 Å². The summed E-state index contributed by atoms with van der Waals surface area (Å²) in [6.45, 7) is 0.789. The summed E-state index contributed by atoms with van der Waals surface area (Å²) in [5.41, 5.74) is 1.72. The Morgan fingerprint density at radius 1 is 1.39 bits per heavy atom. The number of hydrazone groups is 1. The van der Waals surface area contributed by atoms with Crippen LogP contribution < -0.4 is 10.7 Å². The molecule has 3 rings (SSSR count). The molecule has 0 aromatic heterocycles. The number of hydrogen-bond acceptors (Lipinski definition) is 5. The summed E-state index contributed by atoms with van der Waals surface area (Å²) in [5.74, 6) is 0. The Morgan fingerprint density at radius 2 is 2.17 bits per heavy atom. The van der Waals surface area contributed by atoms with Gasteiger partial charge in [-0.1, -0.05) is 6.07 Å². The topological polar surface area (TPSA) is 72.0 Å². The number of nitrogens with one attached hydrogen (secondary N) is 2. The molecule has 2 aliphatic rings. The van der Waals surface area contributed by atoms with Crippen molar-refractivity contribution < 1.29 is 27.4 Å². The van der Waals surface area contributed by atoms with E-state index in [0.29, 0.717) is 13.2 Å². The van der Waals surface area contributed by atoms with E-state index in [1.54, 1.807) is 0 Å². The maximum absolute atomic E-state index is 13.3. The first-order valence-electron chi connectivity index (χ1n) is 7.00. The number of carbonyl (C=O) groups excluding carboxylic acids is 1. The molecule has 1 aromatic rings. The fraction of sp³-hybridized carbons (Fsp3) is 0.429. The monoisotopic (exact) mass is 329 g/mol. The zero-order valence-corrected chi connectivity index (χ0v) is 11.9. The molecule has 2 aliphatic heterocycles. The number of amides is 1. The molecule has 23 heavy (non-hydrogen) atoms. The number of nitrogens with zero attached hydrogens (tertiary/aromatic N) is 1. The lowest BCUT2D eigenvalue weighted by atomic mass is 10.0. The summed E-state index contributed by atoms with van der Waals surface area (Å²) < 4.78 is 49.7. The van der Waals surface area contributed by atoms with Crippen LogP contribution in [-0.2, 0) is 15.7 Å². The number of hydrogen-bond donors (Lipinski definition) is 2. The average molecular weight is 329 g/mol. The van der Waals surface area contributed by atoms with Crippen molar-refractivity contribution in [2.24, 2.45) is 5.10 Å². The molecule has 6 nitrogen and oxygen atoms in total. The lowest BCUT2D eigenvalue weighted by Crippen LogP contribution is -2.34. The van der Waals surface area contributed by atoms with Crippen LogP contribution in [0.5, 0.6) is 0 Å². The van der Waals surface area contributed by atoms with Gasteiger partial charge in [0.25, 0.3) is 0 Å². The lowest BCUT2D eigenvalue weighted by Gasteiger charge is -2.27. The van der Waals surface area contributed by atoms with Crippen molar-refractivity contribution in [3.05, 3.63) is 29.3 Å². The number of anilines is 1. The quantitative estimate of drug-likeness (QED) is 0.889. The Hall–Kier alpha value is -2.29. The minimum atomic E-state index is -4.52.